The van der Waals surface area contributed by atoms with Crippen LogP contribution in [0.2, 0.25) is 5.02 Å². The third-order valence-electron chi connectivity index (χ3n) is 3.17. The molecule has 2 amide bonds. The summed E-state index contributed by atoms with van der Waals surface area (Å²) in [6, 6.07) is 8.25. The van der Waals surface area contributed by atoms with Crippen molar-refractivity contribution in [3.8, 4) is 5.75 Å². The smallest absolute Gasteiger partial charge is 0.255 e. The highest BCUT2D eigenvalue weighted by molar-refractivity contribution is 6.31. The largest absolute Gasteiger partial charge is 0.490 e. The number of amides is 2. The number of aromatic nitrogens is 1. The highest BCUT2D eigenvalue weighted by Crippen LogP contribution is 2.23. The number of nitrogens with zero attached hydrogens (tertiary/aromatic N) is 1. The second-order valence-electron chi connectivity index (χ2n) is 5.56. The second-order valence-corrected chi connectivity index (χ2v) is 6.00. The Morgan fingerprint density at radius 2 is 1.88 bits per heavy atom. The lowest BCUT2D eigenvalue weighted by molar-refractivity contribution is 0.0924. The summed E-state index contributed by atoms with van der Waals surface area (Å²) < 4.78 is 5.63. The number of carbonyl (C=O) groups excluding carboxylic acids is 2. The highest BCUT2D eigenvalue weighted by atomic mass is 35.5. The zero-order chi connectivity index (χ0) is 18.2. The first kappa shape index (κ1) is 18.7. The van der Waals surface area contributed by atoms with Gasteiger partial charge < -0.3 is 15.4 Å². The monoisotopic (exact) mass is 361 g/mol. The molecule has 1 aromatic carbocycles. The Hall–Kier alpha value is -2.60. The third-order valence-corrected chi connectivity index (χ3v) is 3.40. The van der Waals surface area contributed by atoms with E-state index < -0.39 is 0 Å². The first-order valence-corrected chi connectivity index (χ1v) is 8.28. The van der Waals surface area contributed by atoms with E-state index in [1.807, 2.05) is 13.8 Å². The first-order chi connectivity index (χ1) is 12.0. The number of nitrogens with one attached hydrogen (secondary N) is 2. The van der Waals surface area contributed by atoms with Crippen LogP contribution in [0.15, 0.2) is 42.7 Å². The normalized spacial score (nSPS) is 10.4. The lowest BCUT2D eigenvalue weighted by Crippen LogP contribution is -2.35. The fourth-order valence-electron chi connectivity index (χ4n) is 2.08. The van der Waals surface area contributed by atoms with Gasteiger partial charge in [-0.2, -0.15) is 0 Å². The number of rotatable bonds is 7. The third kappa shape index (κ3) is 5.76. The Labute approximate surface area is 151 Å². The SMILES string of the molecule is CC(C)Oc1ccc(Cl)cc1C(=O)NCCNC(=O)c1cccnc1. The molecule has 2 aromatic rings. The molecule has 1 heterocycles. The topological polar surface area (TPSA) is 80.3 Å². The van der Waals surface area contributed by atoms with Gasteiger partial charge in [-0.05, 0) is 44.2 Å². The molecule has 0 radical (unpaired) electrons. The van der Waals surface area contributed by atoms with Crippen LogP contribution in [0.4, 0.5) is 0 Å². The molecule has 0 saturated carbocycles. The van der Waals surface area contributed by atoms with E-state index in [2.05, 4.69) is 15.6 Å². The molecule has 2 rings (SSSR count). The second kappa shape index (κ2) is 9.03. The van der Waals surface area contributed by atoms with Gasteiger partial charge in [-0.3, -0.25) is 14.6 Å². The van der Waals surface area contributed by atoms with Crippen LogP contribution in [-0.2, 0) is 0 Å². The maximum Gasteiger partial charge on any atom is 0.255 e. The number of pyridine rings is 1. The van der Waals surface area contributed by atoms with Crippen molar-refractivity contribution in [1.29, 1.82) is 0 Å². The van der Waals surface area contributed by atoms with Gasteiger partial charge in [0.15, 0.2) is 0 Å². The van der Waals surface area contributed by atoms with E-state index in [9.17, 15) is 9.59 Å². The molecule has 0 aliphatic carbocycles. The zero-order valence-electron chi connectivity index (χ0n) is 14.1. The number of halogens is 1. The molecule has 0 atom stereocenters. The molecule has 0 aliphatic heterocycles. The molecule has 2 N–H and O–H groups in total. The number of carbonyl (C=O) groups is 2. The van der Waals surface area contributed by atoms with Gasteiger partial charge in [-0.25, -0.2) is 0 Å². The summed E-state index contributed by atoms with van der Waals surface area (Å²) in [7, 11) is 0. The number of hydrogen-bond acceptors (Lipinski definition) is 4. The summed E-state index contributed by atoms with van der Waals surface area (Å²) in [6.07, 6.45) is 3.01. The Kier molecular flexibility index (Phi) is 6.77. The van der Waals surface area contributed by atoms with Crippen LogP contribution in [0.1, 0.15) is 34.6 Å². The summed E-state index contributed by atoms with van der Waals surface area (Å²) in [5.41, 5.74) is 0.830. The maximum absolute atomic E-state index is 12.3. The van der Waals surface area contributed by atoms with Crippen LogP contribution < -0.4 is 15.4 Å². The van der Waals surface area contributed by atoms with Crippen LogP contribution in [0.25, 0.3) is 0 Å². The minimum absolute atomic E-state index is 0.0634. The molecule has 132 valence electrons. The molecular weight excluding hydrogens is 342 g/mol. The van der Waals surface area contributed by atoms with E-state index in [4.69, 9.17) is 16.3 Å². The summed E-state index contributed by atoms with van der Waals surface area (Å²) in [5.74, 6) is -0.0843. The van der Waals surface area contributed by atoms with Crippen molar-refractivity contribution in [1.82, 2.24) is 15.6 Å². The summed E-state index contributed by atoms with van der Waals surface area (Å²) in [5, 5.41) is 5.90. The molecule has 0 fully saturated rings. The molecule has 6 nitrogen and oxygen atoms in total. The van der Waals surface area contributed by atoms with Gasteiger partial charge >= 0.3 is 0 Å². The van der Waals surface area contributed by atoms with Gasteiger partial charge in [-0.1, -0.05) is 11.6 Å². The molecule has 0 bridgehead atoms. The minimum Gasteiger partial charge on any atom is -0.490 e. The number of hydrogen-bond donors (Lipinski definition) is 2. The van der Waals surface area contributed by atoms with Crippen LogP contribution in [0.3, 0.4) is 0 Å². The standard InChI is InChI=1S/C18H20ClN3O3/c1-12(2)25-16-6-5-14(19)10-15(16)18(24)22-9-8-21-17(23)13-4-3-7-20-11-13/h3-7,10-12H,8-9H2,1-2H3,(H,21,23)(H,22,24). The molecule has 1 aromatic heterocycles. The Morgan fingerprint density at radius 3 is 2.52 bits per heavy atom. The number of benzene rings is 1. The van der Waals surface area contributed by atoms with Crippen molar-refractivity contribution in [3.05, 3.63) is 58.9 Å². The van der Waals surface area contributed by atoms with Crippen LogP contribution in [-0.4, -0.2) is 36.0 Å². The van der Waals surface area contributed by atoms with Gasteiger partial charge in [0, 0.05) is 30.5 Å². The lowest BCUT2D eigenvalue weighted by atomic mass is 10.2. The van der Waals surface area contributed by atoms with Crippen molar-refractivity contribution in [2.75, 3.05) is 13.1 Å². The Balaban J connectivity index is 1.88. The molecule has 0 spiro atoms. The molecular formula is C18H20ClN3O3. The van der Waals surface area contributed by atoms with Crippen molar-refractivity contribution >= 4 is 23.4 Å². The van der Waals surface area contributed by atoms with Gasteiger partial charge in [-0.15, -0.1) is 0 Å². The molecule has 7 heteroatoms. The Morgan fingerprint density at radius 1 is 1.16 bits per heavy atom. The number of ether oxygens (including phenoxy) is 1. The average Bonchev–Trinajstić information content (AvgIpc) is 2.60. The highest BCUT2D eigenvalue weighted by Gasteiger charge is 2.14. The zero-order valence-corrected chi connectivity index (χ0v) is 14.8. The van der Waals surface area contributed by atoms with Crippen LogP contribution in [0.5, 0.6) is 5.75 Å². The molecule has 0 saturated heterocycles. The van der Waals surface area contributed by atoms with Gasteiger partial charge in [0.2, 0.25) is 0 Å². The molecule has 25 heavy (non-hydrogen) atoms. The van der Waals surface area contributed by atoms with Crippen LogP contribution in [0, 0.1) is 0 Å². The van der Waals surface area contributed by atoms with Crippen molar-refractivity contribution in [2.45, 2.75) is 20.0 Å². The maximum atomic E-state index is 12.3. The first-order valence-electron chi connectivity index (χ1n) is 7.90. The van der Waals surface area contributed by atoms with Gasteiger partial charge in [0.1, 0.15) is 5.75 Å². The predicted octanol–water partition coefficient (Wildman–Crippen LogP) is 2.68. The fraction of sp³-hybridized carbons (Fsp3) is 0.278. The summed E-state index contributed by atoms with van der Waals surface area (Å²) in [6.45, 7) is 4.33. The fourth-order valence-corrected chi connectivity index (χ4v) is 2.25. The van der Waals surface area contributed by atoms with Crippen LogP contribution >= 0.6 is 11.6 Å². The van der Waals surface area contributed by atoms with Crippen molar-refractivity contribution < 1.29 is 14.3 Å². The van der Waals surface area contributed by atoms with E-state index in [1.54, 1.807) is 36.5 Å². The van der Waals surface area contributed by atoms with E-state index >= 15 is 0 Å². The quantitative estimate of drug-likeness (QED) is 0.743. The molecule has 0 aliphatic rings. The lowest BCUT2D eigenvalue weighted by Gasteiger charge is -2.14. The van der Waals surface area contributed by atoms with Crippen molar-refractivity contribution in [3.63, 3.8) is 0 Å². The minimum atomic E-state index is -0.311. The average molecular weight is 362 g/mol. The van der Waals surface area contributed by atoms with E-state index in [0.717, 1.165) is 0 Å². The van der Waals surface area contributed by atoms with Crippen molar-refractivity contribution in [2.24, 2.45) is 0 Å². The predicted molar refractivity (Wildman–Crippen MR) is 96.1 cm³/mol. The van der Waals surface area contributed by atoms with E-state index in [1.165, 1.54) is 6.20 Å². The van der Waals surface area contributed by atoms with E-state index in [-0.39, 0.29) is 24.5 Å². The van der Waals surface area contributed by atoms with E-state index in [0.29, 0.717) is 28.4 Å². The summed E-state index contributed by atoms with van der Waals surface area (Å²) >= 11 is 5.97. The molecule has 0 unspecified atom stereocenters. The Bertz CT molecular complexity index is 736. The van der Waals surface area contributed by atoms with Gasteiger partial charge in [0.25, 0.3) is 11.8 Å². The van der Waals surface area contributed by atoms with Gasteiger partial charge in [0.05, 0.1) is 17.2 Å². The summed E-state index contributed by atoms with van der Waals surface area (Å²) in [4.78, 5) is 28.1.